The third-order valence-electron chi connectivity index (χ3n) is 4.15. The molecule has 0 fully saturated rings. The van der Waals surface area contributed by atoms with Crippen molar-refractivity contribution in [1.29, 1.82) is 0 Å². The predicted molar refractivity (Wildman–Crippen MR) is 99.8 cm³/mol. The van der Waals surface area contributed by atoms with E-state index >= 15 is 0 Å². The van der Waals surface area contributed by atoms with Crippen LogP contribution in [-0.2, 0) is 0 Å². The van der Waals surface area contributed by atoms with Gasteiger partial charge in [0.25, 0.3) is 0 Å². The Hall–Kier alpha value is -0.540. The Labute approximate surface area is 140 Å². The van der Waals surface area contributed by atoms with E-state index in [9.17, 15) is 0 Å². The Balaban J connectivity index is 5.96. The van der Waals surface area contributed by atoms with E-state index in [1.807, 2.05) is 0 Å². The van der Waals surface area contributed by atoms with Crippen molar-refractivity contribution in [2.24, 2.45) is 0 Å². The molecule has 0 bridgehead atoms. The van der Waals surface area contributed by atoms with E-state index in [1.165, 1.54) is 6.42 Å². The van der Waals surface area contributed by atoms with Crippen molar-refractivity contribution < 1.29 is 0 Å². The molecule has 0 rings (SSSR count). The molecule has 22 heavy (non-hydrogen) atoms. The molecule has 0 saturated carbocycles. The molecule has 0 aliphatic heterocycles. The second kappa shape index (κ2) is 9.57. The summed E-state index contributed by atoms with van der Waals surface area (Å²) in [5.41, 5.74) is 1.15. The van der Waals surface area contributed by atoms with Gasteiger partial charge in [0.2, 0.25) is 0 Å². The van der Waals surface area contributed by atoms with Crippen LogP contribution in [0.1, 0.15) is 75.7 Å². The summed E-state index contributed by atoms with van der Waals surface area (Å²) in [6.45, 7) is 28.1. The summed E-state index contributed by atoms with van der Waals surface area (Å²) in [7, 11) is 0. The SMILES string of the molecule is C=C(C)N(C(C)C)C(N(CCC)C(C)C)N(C(C)C)C(C)C. The summed E-state index contributed by atoms with van der Waals surface area (Å²) in [4.78, 5) is 7.72. The average Bonchev–Trinajstić information content (AvgIpc) is 2.32. The molecule has 0 spiro atoms. The molecule has 0 aliphatic carbocycles. The number of hydrogen-bond donors (Lipinski definition) is 0. The first kappa shape index (κ1) is 21.5. The van der Waals surface area contributed by atoms with Gasteiger partial charge in [-0.15, -0.1) is 0 Å². The minimum absolute atomic E-state index is 0.262. The van der Waals surface area contributed by atoms with Gasteiger partial charge in [0.1, 0.15) is 6.29 Å². The fraction of sp³-hybridized carbons (Fsp3) is 0.895. The maximum Gasteiger partial charge on any atom is 0.140 e. The molecule has 0 saturated heterocycles. The lowest BCUT2D eigenvalue weighted by Gasteiger charge is -2.52. The van der Waals surface area contributed by atoms with Crippen molar-refractivity contribution in [3.8, 4) is 0 Å². The van der Waals surface area contributed by atoms with Crippen LogP contribution in [0.4, 0.5) is 0 Å². The molecule has 0 aromatic rings. The highest BCUT2D eigenvalue weighted by molar-refractivity contribution is 4.96. The van der Waals surface area contributed by atoms with E-state index < -0.39 is 0 Å². The number of hydrogen-bond acceptors (Lipinski definition) is 3. The van der Waals surface area contributed by atoms with E-state index in [0.717, 1.165) is 12.2 Å². The van der Waals surface area contributed by atoms with Crippen molar-refractivity contribution in [2.75, 3.05) is 6.54 Å². The minimum Gasteiger partial charge on any atom is -0.345 e. The first-order chi connectivity index (χ1) is 10.1. The van der Waals surface area contributed by atoms with Gasteiger partial charge in [0, 0.05) is 36.4 Å². The minimum atomic E-state index is 0.262. The van der Waals surface area contributed by atoms with Crippen LogP contribution in [0.25, 0.3) is 0 Å². The summed E-state index contributed by atoms with van der Waals surface area (Å²) in [6, 6.07) is 1.92. The van der Waals surface area contributed by atoms with Gasteiger partial charge in [-0.05, 0) is 68.7 Å². The summed E-state index contributed by atoms with van der Waals surface area (Å²) in [5.74, 6) is 0. The van der Waals surface area contributed by atoms with E-state index in [2.05, 4.69) is 90.5 Å². The first-order valence-corrected chi connectivity index (χ1v) is 9.03. The molecule has 132 valence electrons. The molecule has 1 atom stereocenters. The summed E-state index contributed by atoms with van der Waals surface area (Å²) >= 11 is 0. The van der Waals surface area contributed by atoms with Crippen LogP contribution >= 0.6 is 0 Å². The van der Waals surface area contributed by atoms with Gasteiger partial charge < -0.3 is 4.90 Å². The highest BCUT2D eigenvalue weighted by Gasteiger charge is 2.35. The molecular formula is C19H41N3. The summed E-state index contributed by atoms with van der Waals surface area (Å²) in [6.07, 6.45) is 1.43. The fourth-order valence-electron chi connectivity index (χ4n) is 3.41. The Bertz CT molecular complexity index is 313. The van der Waals surface area contributed by atoms with Gasteiger partial charge in [-0.1, -0.05) is 13.5 Å². The number of allylic oxidation sites excluding steroid dienone is 1. The predicted octanol–water partition coefficient (Wildman–Crippen LogP) is 4.75. The fourth-order valence-corrected chi connectivity index (χ4v) is 3.41. The lowest BCUT2D eigenvalue weighted by molar-refractivity contribution is -0.108. The first-order valence-electron chi connectivity index (χ1n) is 9.03. The molecule has 0 N–H and O–H groups in total. The quantitative estimate of drug-likeness (QED) is 0.539. The Morgan fingerprint density at radius 2 is 1.27 bits per heavy atom. The van der Waals surface area contributed by atoms with Crippen LogP contribution in [-0.4, -0.2) is 51.7 Å². The molecule has 0 aromatic heterocycles. The summed E-state index contributed by atoms with van der Waals surface area (Å²) in [5, 5.41) is 0. The topological polar surface area (TPSA) is 9.72 Å². The standard InChI is InChI=1S/C19H41N3/c1-12-13-20(14(2)3)19(21(15(4)5)16(6)7)22(17(8)9)18(10)11/h14,16-19H,4,12-13H2,1-3,5-11H3. The zero-order valence-corrected chi connectivity index (χ0v) is 16.8. The number of nitrogens with zero attached hydrogens (tertiary/aromatic N) is 3. The van der Waals surface area contributed by atoms with Crippen molar-refractivity contribution in [3.05, 3.63) is 12.3 Å². The van der Waals surface area contributed by atoms with Gasteiger partial charge >= 0.3 is 0 Å². The van der Waals surface area contributed by atoms with Gasteiger partial charge in [0.15, 0.2) is 0 Å². The van der Waals surface area contributed by atoms with Gasteiger partial charge in [0.05, 0.1) is 0 Å². The average molecular weight is 312 g/mol. The van der Waals surface area contributed by atoms with Crippen LogP contribution in [0.3, 0.4) is 0 Å². The van der Waals surface area contributed by atoms with Crippen molar-refractivity contribution >= 4 is 0 Å². The molecular weight excluding hydrogens is 270 g/mol. The second-order valence-corrected chi connectivity index (χ2v) is 7.55. The summed E-state index contributed by atoms with van der Waals surface area (Å²) < 4.78 is 0. The molecule has 0 radical (unpaired) electrons. The molecule has 0 heterocycles. The van der Waals surface area contributed by atoms with Crippen molar-refractivity contribution in [2.45, 2.75) is 106 Å². The van der Waals surface area contributed by atoms with E-state index in [-0.39, 0.29) is 6.29 Å². The normalized spacial score (nSPS) is 14.0. The Kier molecular flexibility index (Phi) is 9.33. The molecule has 3 nitrogen and oxygen atoms in total. The number of rotatable bonds is 10. The highest BCUT2D eigenvalue weighted by atomic mass is 15.5. The maximum atomic E-state index is 4.27. The maximum absolute atomic E-state index is 4.27. The molecule has 0 aromatic carbocycles. The second-order valence-electron chi connectivity index (χ2n) is 7.55. The molecule has 0 amide bonds. The monoisotopic (exact) mass is 311 g/mol. The molecule has 1 unspecified atom stereocenters. The van der Waals surface area contributed by atoms with Crippen LogP contribution in [0.5, 0.6) is 0 Å². The lowest BCUT2D eigenvalue weighted by atomic mass is 10.1. The van der Waals surface area contributed by atoms with Crippen LogP contribution in [0, 0.1) is 0 Å². The molecule has 3 heteroatoms. The zero-order chi connectivity index (χ0) is 17.6. The van der Waals surface area contributed by atoms with Crippen molar-refractivity contribution in [1.82, 2.24) is 14.7 Å². The van der Waals surface area contributed by atoms with Crippen LogP contribution in [0.2, 0.25) is 0 Å². The molecule has 0 aliphatic rings. The van der Waals surface area contributed by atoms with Crippen LogP contribution < -0.4 is 0 Å². The van der Waals surface area contributed by atoms with E-state index in [4.69, 9.17) is 0 Å². The lowest BCUT2D eigenvalue weighted by Crippen LogP contribution is -2.64. The Morgan fingerprint density at radius 1 is 0.818 bits per heavy atom. The van der Waals surface area contributed by atoms with Crippen molar-refractivity contribution in [3.63, 3.8) is 0 Å². The van der Waals surface area contributed by atoms with Gasteiger partial charge in [-0.2, -0.15) is 0 Å². The van der Waals surface area contributed by atoms with Gasteiger partial charge in [-0.25, -0.2) is 0 Å². The van der Waals surface area contributed by atoms with Gasteiger partial charge in [-0.3, -0.25) is 9.80 Å². The third-order valence-corrected chi connectivity index (χ3v) is 4.15. The van der Waals surface area contributed by atoms with E-state index in [0.29, 0.717) is 24.2 Å². The highest BCUT2D eigenvalue weighted by Crippen LogP contribution is 2.25. The van der Waals surface area contributed by atoms with Crippen LogP contribution in [0.15, 0.2) is 12.3 Å². The zero-order valence-electron chi connectivity index (χ0n) is 16.8. The third kappa shape index (κ3) is 5.58. The van der Waals surface area contributed by atoms with E-state index in [1.54, 1.807) is 0 Å². The Morgan fingerprint density at radius 3 is 1.50 bits per heavy atom. The smallest absolute Gasteiger partial charge is 0.140 e. The largest absolute Gasteiger partial charge is 0.345 e.